The number of carbonyl (C=O) groups is 1. The predicted molar refractivity (Wildman–Crippen MR) is 79.7 cm³/mol. The van der Waals surface area contributed by atoms with Crippen LogP contribution in [0.25, 0.3) is 11.8 Å². The third-order valence-electron chi connectivity index (χ3n) is 3.34. The number of methoxy groups -OCH3 is 1. The van der Waals surface area contributed by atoms with Crippen molar-refractivity contribution >= 4 is 17.8 Å². The number of hydrogen-bond acceptors (Lipinski definition) is 5. The first kappa shape index (κ1) is 13.9. The third-order valence-corrected chi connectivity index (χ3v) is 3.34. The SMILES string of the molecule is COc1cc(C=C2OC(=O)c3c2cc(C)[nH]c3=O)ccc1O. The molecule has 0 saturated carbocycles. The summed E-state index contributed by atoms with van der Waals surface area (Å²) in [7, 11) is 1.44. The first-order valence-corrected chi connectivity index (χ1v) is 6.55. The summed E-state index contributed by atoms with van der Waals surface area (Å²) >= 11 is 0. The molecule has 0 fully saturated rings. The molecule has 2 heterocycles. The molecule has 6 heteroatoms. The lowest BCUT2D eigenvalue weighted by Gasteiger charge is -2.05. The molecule has 0 spiro atoms. The topological polar surface area (TPSA) is 88.6 Å². The molecular weight excluding hydrogens is 286 g/mol. The summed E-state index contributed by atoms with van der Waals surface area (Å²) in [4.78, 5) is 26.3. The van der Waals surface area contributed by atoms with E-state index in [1.165, 1.54) is 13.2 Å². The Hall–Kier alpha value is -3.02. The van der Waals surface area contributed by atoms with E-state index in [0.29, 0.717) is 28.3 Å². The lowest BCUT2D eigenvalue weighted by Crippen LogP contribution is -2.16. The van der Waals surface area contributed by atoms with E-state index in [-0.39, 0.29) is 11.3 Å². The molecule has 0 aliphatic carbocycles. The zero-order valence-electron chi connectivity index (χ0n) is 12.0. The van der Waals surface area contributed by atoms with E-state index in [9.17, 15) is 14.7 Å². The minimum absolute atomic E-state index is 0.00240. The van der Waals surface area contributed by atoms with Crippen LogP contribution in [0.15, 0.2) is 29.1 Å². The number of aromatic hydroxyl groups is 1. The predicted octanol–water partition coefficient (Wildman–Crippen LogP) is 2.07. The van der Waals surface area contributed by atoms with Gasteiger partial charge in [0.15, 0.2) is 11.5 Å². The van der Waals surface area contributed by atoms with Gasteiger partial charge in [-0.2, -0.15) is 0 Å². The number of aromatic nitrogens is 1. The number of phenols is 1. The Bertz CT molecular complexity index is 863. The molecule has 6 nitrogen and oxygen atoms in total. The maximum Gasteiger partial charge on any atom is 0.349 e. The fourth-order valence-electron chi connectivity index (χ4n) is 2.33. The highest BCUT2D eigenvalue weighted by molar-refractivity contribution is 6.05. The number of cyclic esters (lactones) is 1. The second-order valence-electron chi connectivity index (χ2n) is 4.90. The normalized spacial score (nSPS) is 14.8. The van der Waals surface area contributed by atoms with Crippen molar-refractivity contribution < 1.29 is 19.4 Å². The van der Waals surface area contributed by atoms with Crippen LogP contribution in [0.4, 0.5) is 0 Å². The van der Waals surface area contributed by atoms with Crippen LogP contribution in [0, 0.1) is 6.92 Å². The van der Waals surface area contributed by atoms with Crippen LogP contribution in [0.5, 0.6) is 11.5 Å². The first-order valence-electron chi connectivity index (χ1n) is 6.55. The smallest absolute Gasteiger partial charge is 0.349 e. The number of phenolic OH excluding ortho intramolecular Hbond substituents is 1. The molecule has 112 valence electrons. The van der Waals surface area contributed by atoms with E-state index in [0.717, 1.165) is 0 Å². The molecule has 0 saturated heterocycles. The second-order valence-corrected chi connectivity index (χ2v) is 4.90. The summed E-state index contributed by atoms with van der Waals surface area (Å²) in [6.45, 7) is 1.73. The summed E-state index contributed by atoms with van der Waals surface area (Å²) in [6, 6.07) is 6.42. The molecule has 0 radical (unpaired) electrons. The average molecular weight is 299 g/mol. The molecular formula is C16H13NO5. The largest absolute Gasteiger partial charge is 0.504 e. The number of benzene rings is 1. The van der Waals surface area contributed by atoms with Gasteiger partial charge >= 0.3 is 5.97 Å². The number of nitrogens with one attached hydrogen (secondary N) is 1. The summed E-state index contributed by atoms with van der Waals surface area (Å²) in [6.07, 6.45) is 1.62. The van der Waals surface area contributed by atoms with Gasteiger partial charge < -0.3 is 19.6 Å². The molecule has 3 rings (SSSR count). The summed E-state index contributed by atoms with van der Waals surface area (Å²) in [5.74, 6) is -0.0584. The number of carbonyl (C=O) groups excluding carboxylic acids is 1. The Balaban J connectivity index is 2.12. The molecule has 0 amide bonds. The highest BCUT2D eigenvalue weighted by Gasteiger charge is 2.30. The van der Waals surface area contributed by atoms with Gasteiger partial charge in [0.25, 0.3) is 5.56 Å². The minimum Gasteiger partial charge on any atom is -0.504 e. The Morgan fingerprint density at radius 3 is 2.77 bits per heavy atom. The maximum atomic E-state index is 11.8. The Labute approximate surface area is 125 Å². The van der Waals surface area contributed by atoms with Crippen molar-refractivity contribution in [2.75, 3.05) is 7.11 Å². The standard InChI is InChI=1S/C16H13NO5/c1-8-5-10-12(22-16(20)14(10)15(19)17-8)6-9-3-4-11(18)13(7-9)21-2/h3-7,18H,1-2H3,(H,17,19). The number of rotatable bonds is 2. The minimum atomic E-state index is -0.673. The van der Waals surface area contributed by atoms with Crippen molar-refractivity contribution in [2.45, 2.75) is 6.92 Å². The number of aryl methyl sites for hydroxylation is 1. The molecule has 2 aromatic rings. The summed E-state index contributed by atoms with van der Waals surface area (Å²) < 4.78 is 10.2. The van der Waals surface area contributed by atoms with Gasteiger partial charge in [0, 0.05) is 11.3 Å². The van der Waals surface area contributed by atoms with Crippen LogP contribution < -0.4 is 10.3 Å². The van der Waals surface area contributed by atoms with Crippen LogP contribution in [0.2, 0.25) is 0 Å². The van der Waals surface area contributed by atoms with Crippen molar-refractivity contribution in [3.63, 3.8) is 0 Å². The van der Waals surface area contributed by atoms with E-state index in [2.05, 4.69) is 4.98 Å². The number of H-pyrrole nitrogens is 1. The van der Waals surface area contributed by atoms with Gasteiger partial charge in [0.1, 0.15) is 11.3 Å². The van der Waals surface area contributed by atoms with Crippen molar-refractivity contribution in [1.29, 1.82) is 0 Å². The zero-order chi connectivity index (χ0) is 15.9. The first-order chi connectivity index (χ1) is 10.5. The number of ether oxygens (including phenoxy) is 2. The quantitative estimate of drug-likeness (QED) is 0.829. The lowest BCUT2D eigenvalue weighted by atomic mass is 10.1. The van der Waals surface area contributed by atoms with Gasteiger partial charge in [-0.1, -0.05) is 6.07 Å². The van der Waals surface area contributed by atoms with Crippen LogP contribution in [-0.4, -0.2) is 23.2 Å². The van der Waals surface area contributed by atoms with Crippen LogP contribution in [-0.2, 0) is 4.74 Å². The van der Waals surface area contributed by atoms with Crippen molar-refractivity contribution in [3.8, 4) is 11.5 Å². The van der Waals surface area contributed by atoms with Gasteiger partial charge in [-0.3, -0.25) is 4.79 Å². The molecule has 0 atom stereocenters. The molecule has 1 aromatic carbocycles. The highest BCUT2D eigenvalue weighted by atomic mass is 16.5. The van der Waals surface area contributed by atoms with E-state index >= 15 is 0 Å². The fourth-order valence-corrected chi connectivity index (χ4v) is 2.33. The Morgan fingerprint density at radius 1 is 1.27 bits per heavy atom. The number of fused-ring (bicyclic) bond motifs is 1. The maximum absolute atomic E-state index is 11.8. The van der Waals surface area contributed by atoms with E-state index in [1.807, 2.05) is 0 Å². The molecule has 1 aliphatic rings. The molecule has 2 N–H and O–H groups in total. The zero-order valence-corrected chi connectivity index (χ0v) is 12.0. The highest BCUT2D eigenvalue weighted by Crippen LogP contribution is 2.32. The van der Waals surface area contributed by atoms with E-state index < -0.39 is 11.5 Å². The fraction of sp³-hybridized carbons (Fsp3) is 0.125. The van der Waals surface area contributed by atoms with Gasteiger partial charge in [0.2, 0.25) is 0 Å². The Morgan fingerprint density at radius 2 is 2.05 bits per heavy atom. The monoisotopic (exact) mass is 299 g/mol. The molecule has 1 aromatic heterocycles. The van der Waals surface area contributed by atoms with Gasteiger partial charge in [-0.05, 0) is 36.8 Å². The number of hydrogen-bond donors (Lipinski definition) is 2. The third kappa shape index (κ3) is 2.24. The van der Waals surface area contributed by atoms with Gasteiger partial charge in [0.05, 0.1) is 7.11 Å². The second kappa shape index (κ2) is 5.07. The van der Waals surface area contributed by atoms with Crippen LogP contribution in [0.3, 0.4) is 0 Å². The summed E-state index contributed by atoms with van der Waals surface area (Å²) in [5, 5.41) is 9.59. The molecule has 1 aliphatic heterocycles. The number of esters is 1. The summed E-state index contributed by atoms with van der Waals surface area (Å²) in [5.41, 5.74) is 1.30. The molecule has 0 bridgehead atoms. The lowest BCUT2D eigenvalue weighted by molar-refractivity contribution is 0.0715. The van der Waals surface area contributed by atoms with Crippen molar-refractivity contribution in [3.05, 3.63) is 57.0 Å². The van der Waals surface area contributed by atoms with Crippen LogP contribution in [0.1, 0.15) is 27.2 Å². The average Bonchev–Trinajstić information content (AvgIpc) is 2.77. The van der Waals surface area contributed by atoms with E-state index in [4.69, 9.17) is 9.47 Å². The number of aromatic amines is 1. The van der Waals surface area contributed by atoms with Crippen LogP contribution >= 0.6 is 0 Å². The van der Waals surface area contributed by atoms with Crippen molar-refractivity contribution in [1.82, 2.24) is 4.98 Å². The molecule has 22 heavy (non-hydrogen) atoms. The number of pyridine rings is 1. The van der Waals surface area contributed by atoms with E-state index in [1.54, 1.807) is 31.2 Å². The van der Waals surface area contributed by atoms with Gasteiger partial charge in [-0.15, -0.1) is 0 Å². The Kier molecular flexibility index (Phi) is 3.21. The molecule has 0 unspecified atom stereocenters. The van der Waals surface area contributed by atoms with Crippen molar-refractivity contribution in [2.24, 2.45) is 0 Å². The van der Waals surface area contributed by atoms with Gasteiger partial charge in [-0.25, -0.2) is 4.79 Å².